The van der Waals surface area contributed by atoms with E-state index in [9.17, 15) is 4.79 Å². The van der Waals surface area contributed by atoms with Gasteiger partial charge in [0.25, 0.3) is 0 Å². The zero-order valence-electron chi connectivity index (χ0n) is 20.1. The van der Waals surface area contributed by atoms with E-state index in [-0.39, 0.29) is 5.97 Å². The van der Waals surface area contributed by atoms with Gasteiger partial charge in [-0.15, -0.1) is 0 Å². The number of carbonyl (C=O) groups excluding carboxylic acids is 1. The molecule has 1 aliphatic heterocycles. The number of esters is 1. The predicted octanol–water partition coefficient (Wildman–Crippen LogP) is 8.46. The Hall–Kier alpha value is -3.87. The summed E-state index contributed by atoms with van der Waals surface area (Å²) in [6.07, 6.45) is 5.71. The molecule has 7 heteroatoms. The molecule has 0 aliphatic carbocycles. The highest BCUT2D eigenvalue weighted by Gasteiger charge is 2.10. The third kappa shape index (κ3) is 7.30. The van der Waals surface area contributed by atoms with Crippen LogP contribution in [0.1, 0.15) is 49.4 Å². The van der Waals surface area contributed by atoms with Crippen molar-refractivity contribution >= 4 is 34.4 Å². The fourth-order valence-corrected chi connectivity index (χ4v) is 3.76. The molecule has 0 unspecified atom stereocenters. The second-order valence-corrected chi connectivity index (χ2v) is 8.52. The van der Waals surface area contributed by atoms with Gasteiger partial charge in [-0.1, -0.05) is 13.3 Å². The lowest BCUT2D eigenvalue weighted by atomic mass is 10.1. The SMILES string of the molecule is CCCCOC(=O)c1ccc(N=Nc2ccc(N=Nc3ccc(N4CCCCC4)cc3)cc2)cc1. The number of anilines is 1. The van der Waals surface area contributed by atoms with E-state index in [1.807, 2.05) is 36.4 Å². The highest BCUT2D eigenvalue weighted by molar-refractivity contribution is 5.89. The van der Waals surface area contributed by atoms with E-state index in [2.05, 4.69) is 44.4 Å². The lowest BCUT2D eigenvalue weighted by Crippen LogP contribution is -2.29. The van der Waals surface area contributed by atoms with Crippen LogP contribution in [-0.4, -0.2) is 25.7 Å². The summed E-state index contributed by atoms with van der Waals surface area (Å²) in [5.41, 5.74) is 4.70. The largest absolute Gasteiger partial charge is 0.462 e. The van der Waals surface area contributed by atoms with Crippen LogP contribution in [0.3, 0.4) is 0 Å². The quantitative estimate of drug-likeness (QED) is 0.179. The van der Waals surface area contributed by atoms with Gasteiger partial charge in [-0.05, 0) is 98.5 Å². The van der Waals surface area contributed by atoms with Crippen LogP contribution >= 0.6 is 0 Å². The first-order valence-corrected chi connectivity index (χ1v) is 12.3. The number of rotatable bonds is 9. The number of hydrogen-bond acceptors (Lipinski definition) is 7. The predicted molar refractivity (Wildman–Crippen MR) is 139 cm³/mol. The van der Waals surface area contributed by atoms with Crippen molar-refractivity contribution in [1.82, 2.24) is 0 Å². The van der Waals surface area contributed by atoms with Gasteiger partial charge < -0.3 is 9.64 Å². The maximum Gasteiger partial charge on any atom is 0.338 e. The number of azo groups is 2. The molecule has 0 aromatic heterocycles. The van der Waals surface area contributed by atoms with Gasteiger partial charge in [0.1, 0.15) is 0 Å². The average Bonchev–Trinajstić information content (AvgIpc) is 2.92. The summed E-state index contributed by atoms with van der Waals surface area (Å²) in [6, 6.07) is 22.5. The molecule has 7 nitrogen and oxygen atoms in total. The van der Waals surface area contributed by atoms with Crippen LogP contribution in [0.15, 0.2) is 93.3 Å². The molecule has 180 valence electrons. The summed E-state index contributed by atoms with van der Waals surface area (Å²) in [6.45, 7) is 4.76. The summed E-state index contributed by atoms with van der Waals surface area (Å²) in [5.74, 6) is -0.315. The Morgan fingerprint density at radius 1 is 0.714 bits per heavy atom. The van der Waals surface area contributed by atoms with Gasteiger partial charge in [0.15, 0.2) is 0 Å². The summed E-state index contributed by atoms with van der Waals surface area (Å²) in [7, 11) is 0. The molecular weight excluding hydrogens is 438 g/mol. The lowest BCUT2D eigenvalue weighted by Gasteiger charge is -2.28. The molecule has 0 spiro atoms. The van der Waals surface area contributed by atoms with Crippen molar-refractivity contribution in [3.05, 3.63) is 78.4 Å². The Kier molecular flexibility index (Phi) is 8.70. The van der Waals surface area contributed by atoms with Crippen LogP contribution in [0.2, 0.25) is 0 Å². The molecule has 0 radical (unpaired) electrons. The number of ether oxygens (including phenoxy) is 1. The summed E-state index contributed by atoms with van der Waals surface area (Å²) in [4.78, 5) is 14.4. The van der Waals surface area contributed by atoms with Gasteiger partial charge in [0.2, 0.25) is 0 Å². The van der Waals surface area contributed by atoms with Crippen LogP contribution in [-0.2, 0) is 4.74 Å². The zero-order valence-corrected chi connectivity index (χ0v) is 20.1. The van der Waals surface area contributed by atoms with Crippen LogP contribution in [0.5, 0.6) is 0 Å². The Balaban J connectivity index is 1.30. The maximum absolute atomic E-state index is 12.0. The summed E-state index contributed by atoms with van der Waals surface area (Å²) in [5, 5.41) is 17.2. The zero-order chi connectivity index (χ0) is 24.3. The smallest absolute Gasteiger partial charge is 0.338 e. The number of carbonyl (C=O) groups is 1. The molecule has 1 aliphatic rings. The average molecular weight is 470 g/mol. The first kappa shape index (κ1) is 24.3. The second-order valence-electron chi connectivity index (χ2n) is 8.52. The fraction of sp³-hybridized carbons (Fsp3) is 0.321. The number of benzene rings is 3. The lowest BCUT2D eigenvalue weighted by molar-refractivity contribution is 0.0500. The van der Waals surface area contributed by atoms with Gasteiger partial charge in [-0.25, -0.2) is 4.79 Å². The van der Waals surface area contributed by atoms with E-state index in [0.29, 0.717) is 23.5 Å². The van der Waals surface area contributed by atoms with E-state index in [1.54, 1.807) is 24.3 Å². The Labute approximate surface area is 206 Å². The number of nitrogens with zero attached hydrogens (tertiary/aromatic N) is 5. The Morgan fingerprint density at radius 2 is 1.17 bits per heavy atom. The van der Waals surface area contributed by atoms with E-state index in [1.165, 1.54) is 24.9 Å². The first-order chi connectivity index (χ1) is 17.2. The van der Waals surface area contributed by atoms with Crippen molar-refractivity contribution in [2.45, 2.75) is 39.0 Å². The minimum atomic E-state index is -0.315. The second kappa shape index (κ2) is 12.6. The molecule has 3 aromatic rings. The number of hydrogen-bond donors (Lipinski definition) is 0. The molecule has 1 heterocycles. The maximum atomic E-state index is 12.0. The van der Waals surface area contributed by atoms with Gasteiger partial charge in [-0.3, -0.25) is 0 Å². The van der Waals surface area contributed by atoms with E-state index < -0.39 is 0 Å². The third-order valence-electron chi connectivity index (χ3n) is 5.82. The van der Waals surface area contributed by atoms with Gasteiger partial charge in [-0.2, -0.15) is 20.5 Å². The van der Waals surface area contributed by atoms with E-state index in [4.69, 9.17) is 4.74 Å². The molecule has 0 N–H and O–H groups in total. The minimum absolute atomic E-state index is 0.315. The van der Waals surface area contributed by atoms with Crippen molar-refractivity contribution in [3.8, 4) is 0 Å². The Bertz CT molecular complexity index is 1130. The van der Waals surface area contributed by atoms with Crippen molar-refractivity contribution in [3.63, 3.8) is 0 Å². The number of piperidine rings is 1. The molecule has 4 rings (SSSR count). The van der Waals surface area contributed by atoms with Gasteiger partial charge in [0, 0.05) is 18.8 Å². The summed E-state index contributed by atoms with van der Waals surface area (Å²) >= 11 is 0. The highest BCUT2D eigenvalue weighted by atomic mass is 16.5. The minimum Gasteiger partial charge on any atom is -0.462 e. The van der Waals surface area contributed by atoms with Crippen molar-refractivity contribution in [2.75, 3.05) is 24.6 Å². The molecule has 1 fully saturated rings. The monoisotopic (exact) mass is 469 g/mol. The molecule has 3 aromatic carbocycles. The molecule has 0 saturated carbocycles. The van der Waals surface area contributed by atoms with Crippen LogP contribution in [0.25, 0.3) is 0 Å². The van der Waals surface area contributed by atoms with Crippen molar-refractivity contribution in [1.29, 1.82) is 0 Å². The molecule has 0 atom stereocenters. The number of unbranched alkanes of at least 4 members (excludes halogenated alkanes) is 1. The molecular formula is C28H31N5O2. The van der Waals surface area contributed by atoms with Crippen LogP contribution in [0, 0.1) is 0 Å². The highest BCUT2D eigenvalue weighted by Crippen LogP contribution is 2.26. The molecule has 0 amide bonds. The van der Waals surface area contributed by atoms with Gasteiger partial charge in [0.05, 0.1) is 34.9 Å². The van der Waals surface area contributed by atoms with Gasteiger partial charge >= 0.3 is 5.97 Å². The van der Waals surface area contributed by atoms with Crippen molar-refractivity contribution in [2.24, 2.45) is 20.5 Å². The van der Waals surface area contributed by atoms with Crippen LogP contribution < -0.4 is 4.90 Å². The fourth-order valence-electron chi connectivity index (χ4n) is 3.76. The molecule has 0 bridgehead atoms. The Morgan fingerprint density at radius 3 is 1.66 bits per heavy atom. The van der Waals surface area contributed by atoms with E-state index >= 15 is 0 Å². The van der Waals surface area contributed by atoms with Crippen LogP contribution in [0.4, 0.5) is 28.4 Å². The topological polar surface area (TPSA) is 79.0 Å². The standard InChI is InChI=1S/C28H31N5O2/c1-2-3-21-35-28(34)22-7-9-23(10-8-22)29-30-24-11-13-25(14-12-24)31-32-26-15-17-27(18-16-26)33-19-5-4-6-20-33/h7-18H,2-6,19-21H2,1H3. The normalized spacial score (nSPS) is 14.0. The van der Waals surface area contributed by atoms with Crippen molar-refractivity contribution < 1.29 is 9.53 Å². The first-order valence-electron chi connectivity index (χ1n) is 12.3. The molecule has 1 saturated heterocycles. The van der Waals surface area contributed by atoms with E-state index in [0.717, 1.165) is 37.3 Å². The molecule has 35 heavy (non-hydrogen) atoms. The summed E-state index contributed by atoms with van der Waals surface area (Å²) < 4.78 is 5.22. The third-order valence-corrected chi connectivity index (χ3v) is 5.82.